The first-order chi connectivity index (χ1) is 10.2. The molecule has 0 radical (unpaired) electrons. The van der Waals surface area contributed by atoms with Crippen LogP contribution in [0.25, 0.3) is 6.08 Å². The van der Waals surface area contributed by atoms with Crippen molar-refractivity contribution < 1.29 is 19.4 Å². The maximum absolute atomic E-state index is 11.6. The van der Waals surface area contributed by atoms with Gasteiger partial charge in [-0.15, -0.1) is 0 Å². The van der Waals surface area contributed by atoms with Gasteiger partial charge in [-0.3, -0.25) is 4.79 Å². The van der Waals surface area contributed by atoms with Gasteiger partial charge in [-0.25, -0.2) is 0 Å². The van der Waals surface area contributed by atoms with Crippen molar-refractivity contribution in [3.63, 3.8) is 0 Å². The minimum absolute atomic E-state index is 0.558. The van der Waals surface area contributed by atoms with Gasteiger partial charge in [0.05, 0.1) is 0 Å². The molecule has 1 aliphatic carbocycles. The van der Waals surface area contributed by atoms with E-state index in [2.05, 4.69) is 0 Å². The van der Waals surface area contributed by atoms with Gasteiger partial charge in [0.25, 0.3) is 0 Å². The van der Waals surface area contributed by atoms with E-state index in [1.54, 1.807) is 18.2 Å². The van der Waals surface area contributed by atoms with E-state index in [0.29, 0.717) is 6.61 Å². The molecule has 0 spiro atoms. The average molecular weight is 284 g/mol. The minimum Gasteiger partial charge on any atom is -0.489 e. The Morgan fingerprint density at radius 3 is 3.05 bits per heavy atom. The Morgan fingerprint density at radius 1 is 1.43 bits per heavy atom. The van der Waals surface area contributed by atoms with Crippen LogP contribution in [0.1, 0.15) is 11.1 Å². The lowest BCUT2D eigenvalue weighted by molar-refractivity contribution is -0.148. The summed E-state index contributed by atoms with van der Waals surface area (Å²) in [5.74, 6) is -0.879. The van der Waals surface area contributed by atoms with Crippen LogP contribution in [0, 0.1) is 5.92 Å². The molecule has 21 heavy (non-hydrogen) atoms. The molecule has 4 heteroatoms. The monoisotopic (exact) mass is 284 g/mol. The molecule has 0 fully saturated rings. The third kappa shape index (κ3) is 2.17. The van der Waals surface area contributed by atoms with E-state index in [9.17, 15) is 9.90 Å². The molecule has 1 heterocycles. The number of carboxylic acid groups (broad SMARTS) is 1. The summed E-state index contributed by atoms with van der Waals surface area (Å²) in [4.78, 5) is 11.6. The Morgan fingerprint density at radius 2 is 2.29 bits per heavy atom. The number of ether oxygens (including phenoxy) is 2. The van der Waals surface area contributed by atoms with Gasteiger partial charge in [-0.1, -0.05) is 30.4 Å². The van der Waals surface area contributed by atoms with Crippen molar-refractivity contribution in [2.24, 2.45) is 5.92 Å². The second kappa shape index (κ2) is 5.22. The van der Waals surface area contributed by atoms with Gasteiger partial charge >= 0.3 is 5.97 Å². The van der Waals surface area contributed by atoms with Gasteiger partial charge in [0, 0.05) is 12.7 Å². The zero-order valence-electron chi connectivity index (χ0n) is 11.7. The summed E-state index contributed by atoms with van der Waals surface area (Å²) in [6.45, 7) is 0.558. The summed E-state index contributed by atoms with van der Waals surface area (Å²) in [5, 5.41) is 9.50. The molecule has 0 saturated carbocycles. The van der Waals surface area contributed by atoms with Crippen molar-refractivity contribution in [2.75, 3.05) is 13.7 Å². The van der Waals surface area contributed by atoms with Crippen LogP contribution in [0.15, 0.2) is 48.6 Å². The van der Waals surface area contributed by atoms with Crippen LogP contribution in [0.3, 0.4) is 0 Å². The summed E-state index contributed by atoms with van der Waals surface area (Å²) in [6.07, 6.45) is 10.9. The van der Waals surface area contributed by atoms with Crippen molar-refractivity contribution in [1.82, 2.24) is 0 Å². The molecule has 2 atom stereocenters. The quantitative estimate of drug-likeness (QED) is 0.927. The molecule has 2 unspecified atom stereocenters. The molecule has 1 aliphatic heterocycles. The standard InChI is InChI=1S/C17H16O4/c1-20-17(9-3-2-6-14(17)16(18)19)13-7-8-15-12(11-13)5-4-10-21-15/h2-9,11,14H,10H2,1H3,(H,18,19). The Hall–Kier alpha value is -2.33. The number of carbonyl (C=O) groups is 1. The van der Waals surface area contributed by atoms with E-state index in [0.717, 1.165) is 16.9 Å². The van der Waals surface area contributed by atoms with E-state index < -0.39 is 17.5 Å². The Labute approximate surface area is 123 Å². The second-order valence-electron chi connectivity index (χ2n) is 5.02. The average Bonchev–Trinajstić information content (AvgIpc) is 2.54. The van der Waals surface area contributed by atoms with Crippen LogP contribution < -0.4 is 4.74 Å². The third-order valence-corrected chi connectivity index (χ3v) is 3.92. The number of carboxylic acids is 1. The first kappa shape index (κ1) is 13.6. The number of aliphatic carboxylic acids is 1. The van der Waals surface area contributed by atoms with Crippen molar-refractivity contribution in [2.45, 2.75) is 5.60 Å². The van der Waals surface area contributed by atoms with Crippen LogP contribution in [-0.4, -0.2) is 24.8 Å². The number of hydrogen-bond acceptors (Lipinski definition) is 3. The lowest BCUT2D eigenvalue weighted by atomic mass is 9.77. The highest BCUT2D eigenvalue weighted by molar-refractivity contribution is 5.76. The number of fused-ring (bicyclic) bond motifs is 1. The minimum atomic E-state index is -0.999. The van der Waals surface area contributed by atoms with Crippen LogP contribution in [0.2, 0.25) is 0 Å². The molecule has 108 valence electrons. The molecular formula is C17H16O4. The van der Waals surface area contributed by atoms with E-state index in [1.165, 1.54) is 7.11 Å². The molecule has 1 aromatic rings. The van der Waals surface area contributed by atoms with E-state index in [4.69, 9.17) is 9.47 Å². The molecule has 0 amide bonds. The van der Waals surface area contributed by atoms with Gasteiger partial charge in [-0.2, -0.15) is 0 Å². The zero-order valence-corrected chi connectivity index (χ0v) is 11.7. The fourth-order valence-corrected chi connectivity index (χ4v) is 2.84. The third-order valence-electron chi connectivity index (χ3n) is 3.92. The van der Waals surface area contributed by atoms with Crippen molar-refractivity contribution in [1.29, 1.82) is 0 Å². The topological polar surface area (TPSA) is 55.8 Å². The molecule has 0 saturated heterocycles. The molecular weight excluding hydrogens is 268 g/mol. The summed E-state index contributed by atoms with van der Waals surface area (Å²) >= 11 is 0. The number of rotatable bonds is 3. The summed E-state index contributed by atoms with van der Waals surface area (Å²) < 4.78 is 11.2. The molecule has 4 nitrogen and oxygen atoms in total. The Kier molecular flexibility index (Phi) is 3.39. The van der Waals surface area contributed by atoms with Crippen molar-refractivity contribution in [3.8, 4) is 5.75 Å². The summed E-state index contributed by atoms with van der Waals surface area (Å²) in [5.41, 5.74) is 0.732. The van der Waals surface area contributed by atoms with Crippen LogP contribution in [0.5, 0.6) is 5.75 Å². The van der Waals surface area contributed by atoms with Crippen LogP contribution in [0.4, 0.5) is 0 Å². The first-order valence-electron chi connectivity index (χ1n) is 6.75. The van der Waals surface area contributed by atoms with Gasteiger partial charge in [0.1, 0.15) is 23.9 Å². The van der Waals surface area contributed by atoms with Gasteiger partial charge in [0.15, 0.2) is 0 Å². The molecule has 2 aliphatic rings. The maximum atomic E-state index is 11.6. The number of allylic oxidation sites excluding steroid dienone is 2. The highest BCUT2D eigenvalue weighted by Crippen LogP contribution is 2.40. The number of methoxy groups -OCH3 is 1. The number of benzene rings is 1. The van der Waals surface area contributed by atoms with Gasteiger partial charge in [-0.05, 0) is 29.8 Å². The lowest BCUT2D eigenvalue weighted by Gasteiger charge is -2.36. The smallest absolute Gasteiger partial charge is 0.314 e. The Bertz CT molecular complexity index is 657. The summed E-state index contributed by atoms with van der Waals surface area (Å²) in [6, 6.07) is 5.65. The van der Waals surface area contributed by atoms with Crippen molar-refractivity contribution >= 4 is 12.0 Å². The van der Waals surface area contributed by atoms with Gasteiger partial charge in [0.2, 0.25) is 0 Å². The van der Waals surface area contributed by atoms with Crippen LogP contribution >= 0.6 is 0 Å². The van der Waals surface area contributed by atoms with Gasteiger partial charge < -0.3 is 14.6 Å². The molecule has 1 N–H and O–H groups in total. The fraction of sp³-hybridized carbons (Fsp3) is 0.235. The lowest BCUT2D eigenvalue weighted by Crippen LogP contribution is -2.40. The zero-order chi connectivity index (χ0) is 14.9. The largest absolute Gasteiger partial charge is 0.489 e. The predicted octanol–water partition coefficient (Wildman–Crippen LogP) is 2.76. The predicted molar refractivity (Wildman–Crippen MR) is 79.1 cm³/mol. The molecule has 3 rings (SSSR count). The molecule has 0 bridgehead atoms. The van der Waals surface area contributed by atoms with E-state index >= 15 is 0 Å². The Balaban J connectivity index is 2.11. The SMILES string of the molecule is COC1(c2ccc3c(c2)C=CCO3)C=CC=CC1C(=O)O. The molecule has 0 aromatic heterocycles. The van der Waals surface area contributed by atoms with E-state index in [1.807, 2.05) is 36.4 Å². The molecule has 1 aromatic carbocycles. The normalized spacial score (nSPS) is 26.2. The van der Waals surface area contributed by atoms with E-state index in [-0.39, 0.29) is 0 Å². The van der Waals surface area contributed by atoms with Crippen molar-refractivity contribution in [3.05, 3.63) is 59.7 Å². The highest BCUT2D eigenvalue weighted by atomic mass is 16.5. The fourth-order valence-electron chi connectivity index (χ4n) is 2.84. The highest BCUT2D eigenvalue weighted by Gasteiger charge is 2.43. The first-order valence-corrected chi connectivity index (χ1v) is 6.75. The maximum Gasteiger partial charge on any atom is 0.314 e. The van der Waals surface area contributed by atoms with Crippen LogP contribution in [-0.2, 0) is 15.1 Å². The number of hydrogen-bond donors (Lipinski definition) is 1. The summed E-state index contributed by atoms with van der Waals surface area (Å²) in [7, 11) is 1.53. The second-order valence-corrected chi connectivity index (χ2v) is 5.02.